The number of aliphatic hydroxyl groups excluding tert-OH is 1. The van der Waals surface area contributed by atoms with Crippen LogP contribution in [-0.2, 0) is 14.3 Å². The summed E-state index contributed by atoms with van der Waals surface area (Å²) in [5.41, 5.74) is 0. The van der Waals surface area contributed by atoms with Crippen LogP contribution < -0.4 is 20.1 Å². The van der Waals surface area contributed by atoms with E-state index in [-0.39, 0.29) is 39.0 Å². The van der Waals surface area contributed by atoms with Gasteiger partial charge in [0.05, 0.1) is 26.4 Å². The molecule has 0 bridgehead atoms. The molecule has 2 rings (SSSR count). The first kappa shape index (κ1) is 17.0. The smallest absolute Gasteiger partial charge is 0.309 e. The second-order valence-electron chi connectivity index (χ2n) is 4.80. The van der Waals surface area contributed by atoms with Crippen molar-refractivity contribution in [3.05, 3.63) is 24.3 Å². The van der Waals surface area contributed by atoms with E-state index in [0.717, 1.165) is 0 Å². The van der Waals surface area contributed by atoms with Crippen molar-refractivity contribution < 1.29 is 28.9 Å². The highest BCUT2D eigenvalue weighted by molar-refractivity contribution is 6.35. The van der Waals surface area contributed by atoms with E-state index >= 15 is 0 Å². The van der Waals surface area contributed by atoms with Gasteiger partial charge < -0.3 is 30.0 Å². The molecule has 1 aromatic rings. The molecule has 1 aliphatic heterocycles. The molecule has 0 aromatic heterocycles. The van der Waals surface area contributed by atoms with Gasteiger partial charge in [-0.25, -0.2) is 0 Å². The molecule has 0 saturated heterocycles. The molecular formula is C15H20N2O6. The van der Waals surface area contributed by atoms with Crippen LogP contribution >= 0.6 is 0 Å². The fourth-order valence-corrected chi connectivity index (χ4v) is 1.93. The van der Waals surface area contributed by atoms with Crippen molar-refractivity contribution in [1.82, 2.24) is 10.6 Å². The minimum absolute atomic E-state index is 0.0823. The number of benzene rings is 1. The summed E-state index contributed by atoms with van der Waals surface area (Å²) in [6.45, 7) is 1.01. The lowest BCUT2D eigenvalue weighted by molar-refractivity contribution is -0.139. The van der Waals surface area contributed by atoms with Crippen LogP contribution in [-0.4, -0.2) is 62.5 Å². The predicted octanol–water partition coefficient (Wildman–Crippen LogP) is -0.932. The van der Waals surface area contributed by atoms with Crippen LogP contribution in [0.3, 0.4) is 0 Å². The monoisotopic (exact) mass is 324 g/mol. The Labute approximate surface area is 133 Å². The zero-order valence-corrected chi connectivity index (χ0v) is 12.6. The maximum Gasteiger partial charge on any atom is 0.309 e. The fraction of sp³-hybridized carbons (Fsp3) is 0.467. The van der Waals surface area contributed by atoms with Crippen LogP contribution in [0.4, 0.5) is 0 Å². The third-order valence-corrected chi connectivity index (χ3v) is 3.03. The molecule has 1 atom stereocenters. The molecule has 3 N–H and O–H groups in total. The van der Waals surface area contributed by atoms with Gasteiger partial charge in [0.2, 0.25) is 0 Å². The highest BCUT2D eigenvalue weighted by atomic mass is 16.6. The number of hydrogen-bond acceptors (Lipinski definition) is 6. The maximum absolute atomic E-state index is 11.7. The molecular weight excluding hydrogens is 304 g/mol. The first-order chi connectivity index (χ1) is 11.2. The number of nitrogens with one attached hydrogen (secondary N) is 2. The van der Waals surface area contributed by atoms with Gasteiger partial charge in [-0.15, -0.1) is 0 Å². The molecule has 126 valence electrons. The average molecular weight is 324 g/mol. The standard InChI is InChI=1S/C15H20N2O6/c18-6-8-21-7-5-16-14(19)15(20)17-9-11-10-22-12-3-1-2-4-13(12)23-11/h1-4,11,18H,5-10H2,(H,16,19)(H,17,20). The van der Waals surface area contributed by atoms with Gasteiger partial charge in [-0.05, 0) is 12.1 Å². The molecule has 1 aliphatic rings. The summed E-state index contributed by atoms with van der Waals surface area (Å²) in [7, 11) is 0. The Morgan fingerprint density at radius 3 is 2.70 bits per heavy atom. The largest absolute Gasteiger partial charge is 0.486 e. The Morgan fingerprint density at radius 2 is 1.91 bits per heavy atom. The van der Waals surface area contributed by atoms with E-state index in [0.29, 0.717) is 18.1 Å². The van der Waals surface area contributed by atoms with Crippen molar-refractivity contribution in [1.29, 1.82) is 0 Å². The molecule has 23 heavy (non-hydrogen) atoms. The number of carbonyl (C=O) groups excluding carboxylic acids is 2. The van der Waals surface area contributed by atoms with E-state index in [4.69, 9.17) is 19.3 Å². The molecule has 0 spiro atoms. The second kappa shape index (κ2) is 8.96. The second-order valence-corrected chi connectivity index (χ2v) is 4.80. The van der Waals surface area contributed by atoms with E-state index in [1.807, 2.05) is 12.1 Å². The number of carbonyl (C=O) groups is 2. The van der Waals surface area contributed by atoms with Gasteiger partial charge in [-0.3, -0.25) is 9.59 Å². The van der Waals surface area contributed by atoms with Crippen LogP contribution in [0.2, 0.25) is 0 Å². The normalized spacial score (nSPS) is 15.8. The first-order valence-corrected chi connectivity index (χ1v) is 7.34. The number of fused-ring (bicyclic) bond motifs is 1. The SMILES string of the molecule is O=C(NCCOCCO)C(=O)NCC1COc2ccccc2O1. The number of amides is 2. The number of hydrogen-bond donors (Lipinski definition) is 3. The van der Waals surface area contributed by atoms with Crippen LogP contribution in [0.5, 0.6) is 11.5 Å². The van der Waals surface area contributed by atoms with Gasteiger partial charge in [-0.2, -0.15) is 0 Å². The molecule has 0 radical (unpaired) electrons. The molecule has 8 nitrogen and oxygen atoms in total. The molecule has 1 unspecified atom stereocenters. The van der Waals surface area contributed by atoms with Gasteiger partial charge in [0, 0.05) is 6.54 Å². The van der Waals surface area contributed by atoms with Crippen molar-refractivity contribution in [3.8, 4) is 11.5 Å². The van der Waals surface area contributed by atoms with E-state index < -0.39 is 11.8 Å². The van der Waals surface area contributed by atoms with Gasteiger partial charge in [0.25, 0.3) is 0 Å². The number of para-hydroxylation sites is 2. The third-order valence-electron chi connectivity index (χ3n) is 3.03. The maximum atomic E-state index is 11.7. The van der Waals surface area contributed by atoms with Crippen molar-refractivity contribution in [2.45, 2.75) is 6.10 Å². The van der Waals surface area contributed by atoms with Gasteiger partial charge in [-0.1, -0.05) is 12.1 Å². The molecule has 0 saturated carbocycles. The Hall–Kier alpha value is -2.32. The van der Waals surface area contributed by atoms with Crippen molar-refractivity contribution in [2.24, 2.45) is 0 Å². The molecule has 8 heteroatoms. The summed E-state index contributed by atoms with van der Waals surface area (Å²) in [6.07, 6.45) is -0.352. The lowest BCUT2D eigenvalue weighted by Gasteiger charge is -2.26. The summed E-state index contributed by atoms with van der Waals surface area (Å²) in [5, 5.41) is 13.4. The minimum atomic E-state index is -0.741. The van der Waals surface area contributed by atoms with E-state index in [2.05, 4.69) is 10.6 Å². The van der Waals surface area contributed by atoms with Gasteiger partial charge in [0.1, 0.15) is 12.7 Å². The van der Waals surface area contributed by atoms with E-state index in [1.165, 1.54) is 0 Å². The zero-order chi connectivity index (χ0) is 16.5. The summed E-state index contributed by atoms with van der Waals surface area (Å²) in [6, 6.07) is 7.26. The lowest BCUT2D eigenvalue weighted by Crippen LogP contribution is -2.46. The van der Waals surface area contributed by atoms with Gasteiger partial charge >= 0.3 is 11.8 Å². The average Bonchev–Trinajstić information content (AvgIpc) is 2.59. The predicted molar refractivity (Wildman–Crippen MR) is 80.3 cm³/mol. The van der Waals surface area contributed by atoms with Crippen molar-refractivity contribution in [2.75, 3.05) is 39.5 Å². The Bertz CT molecular complexity index is 536. The summed E-state index contributed by atoms with van der Waals surface area (Å²) >= 11 is 0. The van der Waals surface area contributed by atoms with Crippen molar-refractivity contribution in [3.63, 3.8) is 0 Å². The highest BCUT2D eigenvalue weighted by Crippen LogP contribution is 2.30. The Balaban J connectivity index is 1.66. The molecule has 1 heterocycles. The Kier molecular flexibility index (Phi) is 6.64. The number of aliphatic hydroxyl groups is 1. The van der Waals surface area contributed by atoms with Crippen LogP contribution in [0.25, 0.3) is 0 Å². The minimum Gasteiger partial charge on any atom is -0.486 e. The molecule has 0 fully saturated rings. The molecule has 1 aromatic carbocycles. The first-order valence-electron chi connectivity index (χ1n) is 7.34. The van der Waals surface area contributed by atoms with E-state index in [9.17, 15) is 9.59 Å². The van der Waals surface area contributed by atoms with Crippen LogP contribution in [0, 0.1) is 0 Å². The topological polar surface area (TPSA) is 106 Å². The van der Waals surface area contributed by atoms with Crippen LogP contribution in [0.1, 0.15) is 0 Å². The zero-order valence-electron chi connectivity index (χ0n) is 12.6. The Morgan fingerprint density at radius 1 is 1.17 bits per heavy atom. The summed E-state index contributed by atoms with van der Waals surface area (Å²) < 4.78 is 16.2. The lowest BCUT2D eigenvalue weighted by atomic mass is 10.2. The fourth-order valence-electron chi connectivity index (χ4n) is 1.93. The number of rotatable bonds is 7. The highest BCUT2D eigenvalue weighted by Gasteiger charge is 2.22. The summed E-state index contributed by atoms with van der Waals surface area (Å²) in [4.78, 5) is 23.2. The van der Waals surface area contributed by atoms with E-state index in [1.54, 1.807) is 12.1 Å². The number of ether oxygens (including phenoxy) is 3. The molecule has 0 aliphatic carbocycles. The third kappa shape index (κ3) is 5.42. The quantitative estimate of drug-likeness (QED) is 0.442. The molecule has 2 amide bonds. The van der Waals surface area contributed by atoms with Crippen LogP contribution in [0.15, 0.2) is 24.3 Å². The van der Waals surface area contributed by atoms with Crippen molar-refractivity contribution >= 4 is 11.8 Å². The van der Waals surface area contributed by atoms with Gasteiger partial charge in [0.15, 0.2) is 11.5 Å². The summed E-state index contributed by atoms with van der Waals surface area (Å²) in [5.74, 6) is -0.205.